The second kappa shape index (κ2) is 5.06. The Morgan fingerprint density at radius 3 is 2.82 bits per heavy atom. The fourth-order valence-electron chi connectivity index (χ4n) is 2.09. The Bertz CT molecular complexity index is 478. The van der Waals surface area contributed by atoms with Gasteiger partial charge in [0, 0.05) is 12.1 Å². The molecule has 1 heterocycles. The van der Waals surface area contributed by atoms with E-state index < -0.39 is 9.84 Å². The lowest BCUT2D eigenvalue weighted by Gasteiger charge is -2.12. The summed E-state index contributed by atoms with van der Waals surface area (Å²) in [6.07, 6.45) is 0.706. The van der Waals surface area contributed by atoms with Crippen molar-refractivity contribution in [2.45, 2.75) is 17.4 Å². The highest BCUT2D eigenvalue weighted by molar-refractivity contribution is 7.91. The Balaban J connectivity index is 2.19. The highest BCUT2D eigenvalue weighted by Crippen LogP contribution is 2.23. The molecule has 1 aromatic rings. The van der Waals surface area contributed by atoms with E-state index in [-0.39, 0.29) is 11.0 Å². The van der Waals surface area contributed by atoms with Crippen molar-refractivity contribution in [3.8, 4) is 5.75 Å². The maximum Gasteiger partial charge on any atom is 0.158 e. The van der Waals surface area contributed by atoms with Crippen molar-refractivity contribution in [1.82, 2.24) is 5.32 Å². The maximum absolute atomic E-state index is 12.2. The molecule has 0 saturated carbocycles. The Kier molecular flexibility index (Phi) is 3.69. The van der Waals surface area contributed by atoms with Gasteiger partial charge >= 0.3 is 0 Å². The third kappa shape index (κ3) is 2.79. The molecule has 0 amide bonds. The van der Waals surface area contributed by atoms with Gasteiger partial charge in [-0.3, -0.25) is 0 Å². The monoisotopic (exact) mass is 255 g/mol. The first-order chi connectivity index (χ1) is 8.13. The van der Waals surface area contributed by atoms with Crippen LogP contribution in [0, 0.1) is 0 Å². The quantitative estimate of drug-likeness (QED) is 0.871. The van der Waals surface area contributed by atoms with E-state index in [0.717, 1.165) is 12.1 Å². The molecule has 1 unspecified atom stereocenters. The molecule has 17 heavy (non-hydrogen) atoms. The number of sulfone groups is 1. The third-order valence-corrected chi connectivity index (χ3v) is 5.20. The molecule has 0 aromatic heterocycles. The summed E-state index contributed by atoms with van der Waals surface area (Å²) in [6, 6.07) is 7.27. The summed E-state index contributed by atoms with van der Waals surface area (Å²) in [4.78, 5) is 0. The van der Waals surface area contributed by atoms with Gasteiger partial charge in [0.05, 0.1) is 18.1 Å². The van der Waals surface area contributed by atoms with E-state index in [2.05, 4.69) is 5.32 Å². The number of para-hydroxylation sites is 1. The SMILES string of the molecule is COc1ccccc1CS(=O)(=O)C1CCNC1. The average molecular weight is 255 g/mol. The molecule has 2 rings (SSSR count). The van der Waals surface area contributed by atoms with Crippen molar-refractivity contribution in [1.29, 1.82) is 0 Å². The molecule has 1 N–H and O–H groups in total. The van der Waals surface area contributed by atoms with Gasteiger partial charge in [-0.2, -0.15) is 0 Å². The first-order valence-corrected chi connectivity index (χ1v) is 7.39. The normalized spacial score (nSPS) is 20.4. The second-order valence-corrected chi connectivity index (χ2v) is 6.51. The summed E-state index contributed by atoms with van der Waals surface area (Å²) in [5.41, 5.74) is 0.738. The van der Waals surface area contributed by atoms with Gasteiger partial charge in [0.15, 0.2) is 9.84 Å². The molecule has 0 spiro atoms. The van der Waals surface area contributed by atoms with Crippen molar-refractivity contribution < 1.29 is 13.2 Å². The van der Waals surface area contributed by atoms with Crippen LogP contribution in [0.4, 0.5) is 0 Å². The molecule has 0 radical (unpaired) electrons. The van der Waals surface area contributed by atoms with Crippen molar-refractivity contribution >= 4 is 9.84 Å². The number of nitrogens with one attached hydrogen (secondary N) is 1. The Hall–Kier alpha value is -1.07. The lowest BCUT2D eigenvalue weighted by molar-refractivity contribution is 0.411. The smallest absolute Gasteiger partial charge is 0.158 e. The number of methoxy groups -OCH3 is 1. The largest absolute Gasteiger partial charge is 0.496 e. The minimum Gasteiger partial charge on any atom is -0.496 e. The molecule has 5 heteroatoms. The predicted molar refractivity (Wildman–Crippen MR) is 66.9 cm³/mol. The number of rotatable bonds is 4. The Labute approximate surface area is 102 Å². The van der Waals surface area contributed by atoms with Crippen molar-refractivity contribution in [3.05, 3.63) is 29.8 Å². The van der Waals surface area contributed by atoms with Crippen LogP contribution in [0.1, 0.15) is 12.0 Å². The highest BCUT2D eigenvalue weighted by Gasteiger charge is 2.29. The summed E-state index contributed by atoms with van der Waals surface area (Å²) < 4.78 is 29.5. The van der Waals surface area contributed by atoms with Crippen molar-refractivity contribution in [2.24, 2.45) is 0 Å². The molecule has 1 saturated heterocycles. The van der Waals surface area contributed by atoms with Gasteiger partial charge in [-0.1, -0.05) is 18.2 Å². The topological polar surface area (TPSA) is 55.4 Å². The van der Waals surface area contributed by atoms with Crippen LogP contribution in [0.15, 0.2) is 24.3 Å². The summed E-state index contributed by atoms with van der Waals surface area (Å²) in [6.45, 7) is 1.35. The van der Waals surface area contributed by atoms with Gasteiger partial charge in [0.2, 0.25) is 0 Å². The fraction of sp³-hybridized carbons (Fsp3) is 0.500. The Morgan fingerprint density at radius 2 is 2.18 bits per heavy atom. The van der Waals surface area contributed by atoms with Crippen LogP contribution in [-0.2, 0) is 15.6 Å². The van der Waals surface area contributed by atoms with Gasteiger partial charge in [0.25, 0.3) is 0 Å². The van der Waals surface area contributed by atoms with E-state index in [1.54, 1.807) is 19.2 Å². The molecule has 1 atom stereocenters. The highest BCUT2D eigenvalue weighted by atomic mass is 32.2. The number of benzene rings is 1. The zero-order chi connectivity index (χ0) is 12.3. The number of hydrogen-bond acceptors (Lipinski definition) is 4. The summed E-state index contributed by atoms with van der Waals surface area (Å²) in [5, 5.41) is 2.83. The zero-order valence-electron chi connectivity index (χ0n) is 9.85. The van der Waals surface area contributed by atoms with Gasteiger partial charge in [-0.25, -0.2) is 8.42 Å². The lowest BCUT2D eigenvalue weighted by atomic mass is 10.2. The average Bonchev–Trinajstić information content (AvgIpc) is 2.83. The van der Waals surface area contributed by atoms with Crippen LogP contribution in [0.25, 0.3) is 0 Å². The van der Waals surface area contributed by atoms with Crippen LogP contribution >= 0.6 is 0 Å². The van der Waals surface area contributed by atoms with Crippen LogP contribution in [0.5, 0.6) is 5.75 Å². The van der Waals surface area contributed by atoms with Gasteiger partial charge in [0.1, 0.15) is 5.75 Å². The van der Waals surface area contributed by atoms with E-state index in [0.29, 0.717) is 18.7 Å². The zero-order valence-corrected chi connectivity index (χ0v) is 10.7. The molecule has 4 nitrogen and oxygen atoms in total. The van der Waals surface area contributed by atoms with Crippen LogP contribution in [0.2, 0.25) is 0 Å². The van der Waals surface area contributed by atoms with E-state index >= 15 is 0 Å². The standard InChI is InChI=1S/C12H17NO3S/c1-16-12-5-3-2-4-10(12)9-17(14,15)11-6-7-13-8-11/h2-5,11,13H,6-9H2,1H3. The molecule has 1 fully saturated rings. The van der Waals surface area contributed by atoms with E-state index in [9.17, 15) is 8.42 Å². The van der Waals surface area contributed by atoms with Crippen molar-refractivity contribution in [3.63, 3.8) is 0 Å². The maximum atomic E-state index is 12.2. The lowest BCUT2D eigenvalue weighted by Crippen LogP contribution is -2.25. The summed E-state index contributed by atoms with van der Waals surface area (Å²) >= 11 is 0. The van der Waals surface area contributed by atoms with Crippen LogP contribution in [-0.4, -0.2) is 33.9 Å². The molecule has 0 aliphatic carbocycles. The van der Waals surface area contributed by atoms with Gasteiger partial charge < -0.3 is 10.1 Å². The first-order valence-electron chi connectivity index (χ1n) is 5.67. The van der Waals surface area contributed by atoms with Crippen LogP contribution in [0.3, 0.4) is 0 Å². The third-order valence-electron chi connectivity index (χ3n) is 3.07. The van der Waals surface area contributed by atoms with Gasteiger partial charge in [-0.05, 0) is 19.0 Å². The summed E-state index contributed by atoms with van der Waals surface area (Å²) in [7, 11) is -1.53. The minimum absolute atomic E-state index is 0.0589. The summed E-state index contributed by atoms with van der Waals surface area (Å²) in [5.74, 6) is 0.700. The second-order valence-electron chi connectivity index (χ2n) is 4.23. The minimum atomic E-state index is -3.09. The molecule has 94 valence electrons. The number of hydrogen-bond donors (Lipinski definition) is 1. The molecule has 1 aromatic carbocycles. The molecule has 1 aliphatic heterocycles. The van der Waals surface area contributed by atoms with Crippen LogP contribution < -0.4 is 10.1 Å². The van der Waals surface area contributed by atoms with Gasteiger partial charge in [-0.15, -0.1) is 0 Å². The molecular weight excluding hydrogens is 238 g/mol. The molecule has 0 bridgehead atoms. The van der Waals surface area contributed by atoms with E-state index in [1.165, 1.54) is 0 Å². The first kappa shape index (κ1) is 12.4. The molecule has 1 aliphatic rings. The van der Waals surface area contributed by atoms with E-state index in [4.69, 9.17) is 4.74 Å². The molecular formula is C12H17NO3S. The Morgan fingerprint density at radius 1 is 1.41 bits per heavy atom. The van der Waals surface area contributed by atoms with Crippen molar-refractivity contribution in [2.75, 3.05) is 20.2 Å². The number of ether oxygens (including phenoxy) is 1. The fourth-order valence-corrected chi connectivity index (χ4v) is 3.85. The predicted octanol–water partition coefficient (Wildman–Crippen LogP) is 0.972. The van der Waals surface area contributed by atoms with E-state index in [1.807, 2.05) is 12.1 Å².